The van der Waals surface area contributed by atoms with Gasteiger partial charge >= 0.3 is 0 Å². The van der Waals surface area contributed by atoms with E-state index in [0.29, 0.717) is 24.7 Å². The van der Waals surface area contributed by atoms with Gasteiger partial charge in [0.1, 0.15) is 12.4 Å². The number of carbonyl (C=O) groups excluding carboxylic acids is 2. The molecule has 1 saturated heterocycles. The van der Waals surface area contributed by atoms with Gasteiger partial charge in [0, 0.05) is 18.0 Å². The van der Waals surface area contributed by atoms with Gasteiger partial charge in [0.15, 0.2) is 0 Å². The van der Waals surface area contributed by atoms with E-state index < -0.39 is 0 Å². The number of halogens is 1. The van der Waals surface area contributed by atoms with Crippen molar-refractivity contribution in [1.29, 1.82) is 0 Å². The van der Waals surface area contributed by atoms with Crippen molar-refractivity contribution in [2.24, 2.45) is 11.7 Å². The second-order valence-corrected chi connectivity index (χ2v) is 6.51. The van der Waals surface area contributed by atoms with E-state index in [1.807, 2.05) is 0 Å². The van der Waals surface area contributed by atoms with Crippen LogP contribution < -0.4 is 10.5 Å². The van der Waals surface area contributed by atoms with Crippen LogP contribution in [0.15, 0.2) is 24.3 Å². The number of rotatable bonds is 7. The van der Waals surface area contributed by atoms with E-state index >= 15 is 0 Å². The molecule has 0 bridgehead atoms. The average molecular weight is 354 g/mol. The first kappa shape index (κ1) is 18.5. The minimum absolute atomic E-state index is 0.0484. The third-order valence-electron chi connectivity index (χ3n) is 4.28. The lowest BCUT2D eigenvalue weighted by Gasteiger charge is -2.31. The molecule has 2 rings (SSSR count). The van der Waals surface area contributed by atoms with Crippen molar-refractivity contribution < 1.29 is 14.3 Å². The van der Waals surface area contributed by atoms with Crippen molar-refractivity contribution in [3.8, 4) is 5.75 Å². The van der Waals surface area contributed by atoms with Gasteiger partial charge in [-0.05, 0) is 50.2 Å². The van der Waals surface area contributed by atoms with Gasteiger partial charge < -0.3 is 15.4 Å². The van der Waals surface area contributed by atoms with Crippen LogP contribution in [0, 0.1) is 5.92 Å². The van der Waals surface area contributed by atoms with Crippen LogP contribution in [0.25, 0.3) is 0 Å². The number of likely N-dealkylation sites (N-methyl/N-ethyl adjacent to an activating group) is 1. The molecule has 1 fully saturated rings. The Kier molecular flexibility index (Phi) is 6.87. The SMILES string of the molecule is CN(CCOc1ccc(Cl)cc1)C(=O)CN1CCC(C(N)=O)CC1. The molecular weight excluding hydrogens is 330 g/mol. The highest BCUT2D eigenvalue weighted by molar-refractivity contribution is 6.30. The number of carbonyl (C=O) groups is 2. The third-order valence-corrected chi connectivity index (χ3v) is 4.54. The Morgan fingerprint density at radius 1 is 1.29 bits per heavy atom. The summed E-state index contributed by atoms with van der Waals surface area (Å²) in [6.07, 6.45) is 1.46. The first-order valence-electron chi connectivity index (χ1n) is 8.09. The summed E-state index contributed by atoms with van der Waals surface area (Å²) in [7, 11) is 1.77. The van der Waals surface area contributed by atoms with Crippen LogP contribution in [0.5, 0.6) is 5.75 Å². The van der Waals surface area contributed by atoms with Crippen LogP contribution in [0.3, 0.4) is 0 Å². The summed E-state index contributed by atoms with van der Waals surface area (Å²) in [5, 5.41) is 0.662. The monoisotopic (exact) mass is 353 g/mol. The molecule has 7 heteroatoms. The van der Waals surface area contributed by atoms with Gasteiger partial charge in [0.05, 0.1) is 13.1 Å². The number of likely N-dealkylation sites (tertiary alicyclic amines) is 1. The summed E-state index contributed by atoms with van der Waals surface area (Å²) in [6, 6.07) is 7.13. The zero-order valence-corrected chi connectivity index (χ0v) is 14.7. The minimum atomic E-state index is -0.238. The van der Waals surface area contributed by atoms with Gasteiger partial charge in [-0.15, -0.1) is 0 Å². The predicted octanol–water partition coefficient (Wildman–Crippen LogP) is 1.37. The van der Waals surface area contributed by atoms with Crippen molar-refractivity contribution in [3.05, 3.63) is 29.3 Å². The van der Waals surface area contributed by atoms with Gasteiger partial charge in [-0.1, -0.05) is 11.6 Å². The molecule has 0 saturated carbocycles. The molecule has 0 radical (unpaired) electrons. The van der Waals surface area contributed by atoms with E-state index in [-0.39, 0.29) is 17.7 Å². The fraction of sp³-hybridized carbons (Fsp3) is 0.529. The number of nitrogens with two attached hydrogens (primary N) is 1. The molecule has 0 spiro atoms. The van der Waals surface area contributed by atoms with Gasteiger partial charge in [0.25, 0.3) is 0 Å². The summed E-state index contributed by atoms with van der Waals surface area (Å²) < 4.78 is 5.59. The first-order chi connectivity index (χ1) is 11.5. The molecule has 24 heavy (non-hydrogen) atoms. The van der Waals surface area contributed by atoms with Crippen molar-refractivity contribution in [3.63, 3.8) is 0 Å². The maximum Gasteiger partial charge on any atom is 0.236 e. The summed E-state index contributed by atoms with van der Waals surface area (Å²) >= 11 is 5.82. The van der Waals surface area contributed by atoms with Crippen LogP contribution >= 0.6 is 11.6 Å². The van der Waals surface area contributed by atoms with Crippen LogP contribution in [0.1, 0.15) is 12.8 Å². The minimum Gasteiger partial charge on any atom is -0.492 e. The summed E-state index contributed by atoms with van der Waals surface area (Å²) in [5.41, 5.74) is 5.32. The molecule has 1 aromatic rings. The van der Waals surface area contributed by atoms with E-state index in [9.17, 15) is 9.59 Å². The highest BCUT2D eigenvalue weighted by Gasteiger charge is 2.24. The predicted molar refractivity (Wildman–Crippen MR) is 92.9 cm³/mol. The second kappa shape index (κ2) is 8.89. The Morgan fingerprint density at radius 2 is 1.92 bits per heavy atom. The highest BCUT2D eigenvalue weighted by atomic mass is 35.5. The second-order valence-electron chi connectivity index (χ2n) is 6.07. The zero-order valence-electron chi connectivity index (χ0n) is 13.9. The normalized spacial score (nSPS) is 15.9. The highest BCUT2D eigenvalue weighted by Crippen LogP contribution is 2.17. The van der Waals surface area contributed by atoms with E-state index in [1.54, 1.807) is 36.2 Å². The average Bonchev–Trinajstić information content (AvgIpc) is 2.57. The molecule has 2 amide bonds. The van der Waals surface area contributed by atoms with Crippen molar-refractivity contribution in [1.82, 2.24) is 9.80 Å². The topological polar surface area (TPSA) is 75.9 Å². The fourth-order valence-corrected chi connectivity index (χ4v) is 2.77. The Labute approximate surface area is 147 Å². The number of hydrogen-bond donors (Lipinski definition) is 1. The van der Waals surface area contributed by atoms with E-state index in [2.05, 4.69) is 4.90 Å². The molecule has 0 aliphatic carbocycles. The van der Waals surface area contributed by atoms with Crippen LogP contribution in [0.2, 0.25) is 5.02 Å². The molecule has 0 unspecified atom stereocenters. The number of amides is 2. The van der Waals surface area contributed by atoms with Crippen LogP contribution in [0.4, 0.5) is 0 Å². The summed E-state index contributed by atoms with van der Waals surface area (Å²) in [6.45, 7) is 2.76. The van der Waals surface area contributed by atoms with Crippen molar-refractivity contribution in [2.75, 3.05) is 39.8 Å². The Bertz CT molecular complexity index is 557. The van der Waals surface area contributed by atoms with E-state index in [1.165, 1.54) is 0 Å². The smallest absolute Gasteiger partial charge is 0.236 e. The Hall–Kier alpha value is -1.79. The molecule has 1 heterocycles. The van der Waals surface area contributed by atoms with E-state index in [0.717, 1.165) is 31.7 Å². The number of nitrogens with zero attached hydrogens (tertiary/aromatic N) is 2. The number of hydrogen-bond acceptors (Lipinski definition) is 4. The molecule has 132 valence electrons. The standard InChI is InChI=1S/C17H24ClN3O3/c1-20(10-11-24-15-4-2-14(18)3-5-15)16(22)12-21-8-6-13(7-9-21)17(19)23/h2-5,13H,6-12H2,1H3,(H2,19,23). The van der Waals surface area contributed by atoms with Crippen LogP contribution in [-0.2, 0) is 9.59 Å². The third kappa shape index (κ3) is 5.69. The van der Waals surface area contributed by atoms with Crippen LogP contribution in [-0.4, -0.2) is 61.4 Å². The summed E-state index contributed by atoms with van der Waals surface area (Å²) in [5.74, 6) is 0.486. The zero-order chi connectivity index (χ0) is 17.5. The number of benzene rings is 1. The lowest BCUT2D eigenvalue weighted by molar-refractivity contribution is -0.132. The molecule has 6 nitrogen and oxygen atoms in total. The van der Waals surface area contributed by atoms with Crippen molar-refractivity contribution >= 4 is 23.4 Å². The number of ether oxygens (including phenoxy) is 1. The largest absolute Gasteiger partial charge is 0.492 e. The van der Waals surface area contributed by atoms with E-state index in [4.69, 9.17) is 22.1 Å². The fourth-order valence-electron chi connectivity index (χ4n) is 2.64. The Morgan fingerprint density at radius 3 is 2.50 bits per heavy atom. The quantitative estimate of drug-likeness (QED) is 0.803. The molecule has 1 aromatic carbocycles. The number of primary amides is 1. The maximum atomic E-state index is 12.2. The van der Waals surface area contributed by atoms with Gasteiger partial charge in [-0.2, -0.15) is 0 Å². The molecule has 1 aliphatic heterocycles. The summed E-state index contributed by atoms with van der Waals surface area (Å²) in [4.78, 5) is 27.1. The van der Waals surface area contributed by atoms with Gasteiger partial charge in [-0.3, -0.25) is 14.5 Å². The van der Waals surface area contributed by atoms with Gasteiger partial charge in [-0.25, -0.2) is 0 Å². The number of piperidine rings is 1. The Balaban J connectivity index is 1.67. The lowest BCUT2D eigenvalue weighted by atomic mass is 9.96. The molecular formula is C17H24ClN3O3. The first-order valence-corrected chi connectivity index (χ1v) is 8.47. The molecule has 0 atom stereocenters. The lowest BCUT2D eigenvalue weighted by Crippen LogP contribution is -2.44. The molecule has 1 aliphatic rings. The molecule has 0 aromatic heterocycles. The van der Waals surface area contributed by atoms with Gasteiger partial charge in [0.2, 0.25) is 11.8 Å². The maximum absolute atomic E-state index is 12.2. The van der Waals surface area contributed by atoms with Crippen molar-refractivity contribution in [2.45, 2.75) is 12.8 Å². The molecule has 2 N–H and O–H groups in total.